The van der Waals surface area contributed by atoms with E-state index >= 15 is 0 Å². The van der Waals surface area contributed by atoms with Gasteiger partial charge in [-0.3, -0.25) is 9.59 Å². The minimum Gasteiger partial charge on any atom is -0.352 e. The lowest BCUT2D eigenvalue weighted by Gasteiger charge is -2.42. The van der Waals surface area contributed by atoms with Crippen molar-refractivity contribution in [2.45, 2.75) is 32.1 Å². The van der Waals surface area contributed by atoms with Crippen molar-refractivity contribution in [1.29, 1.82) is 0 Å². The van der Waals surface area contributed by atoms with Gasteiger partial charge in [-0.1, -0.05) is 36.4 Å². The molecule has 4 nitrogen and oxygen atoms in total. The van der Waals surface area contributed by atoms with E-state index in [4.69, 9.17) is 0 Å². The number of likely N-dealkylation sites (tertiary alicyclic amines) is 1. The highest BCUT2D eigenvalue weighted by Gasteiger charge is 2.45. The fraction of sp³-hybridized carbons (Fsp3) is 0.417. The summed E-state index contributed by atoms with van der Waals surface area (Å²) in [5.41, 5.74) is 1.76. The third-order valence-electron chi connectivity index (χ3n) is 6.01. The summed E-state index contributed by atoms with van der Waals surface area (Å²) in [6.45, 7) is 5.45. The number of carbonyl (C=O) groups excluding carboxylic acids is 2. The summed E-state index contributed by atoms with van der Waals surface area (Å²) >= 11 is 1.73. The highest BCUT2D eigenvalue weighted by Crippen LogP contribution is 2.38. The molecule has 152 valence electrons. The first-order valence-corrected chi connectivity index (χ1v) is 11.3. The summed E-state index contributed by atoms with van der Waals surface area (Å²) < 4.78 is 0. The van der Waals surface area contributed by atoms with Crippen LogP contribution in [0.3, 0.4) is 0 Å². The number of hydrogen-bond acceptors (Lipinski definition) is 3. The van der Waals surface area contributed by atoms with Gasteiger partial charge in [-0.25, -0.2) is 0 Å². The molecular weight excluding hydrogens is 380 g/mol. The standard InChI is InChI=1S/C24H28N2O2S/c1-2-13-25-23(28)24(12-4-14-26(17-24)22(27)20-10-11-20)16-18-6-8-19(9-7-18)21-5-3-15-29-21/h2-3,5-9,15,20H,1,4,10-14,16-17H2,(H,25,28). The highest BCUT2D eigenvalue weighted by molar-refractivity contribution is 7.13. The molecule has 0 spiro atoms. The fourth-order valence-corrected chi connectivity index (χ4v) is 5.02. The van der Waals surface area contributed by atoms with Crippen LogP contribution in [-0.4, -0.2) is 36.3 Å². The Balaban J connectivity index is 1.55. The van der Waals surface area contributed by atoms with Crippen LogP contribution in [0.5, 0.6) is 0 Å². The summed E-state index contributed by atoms with van der Waals surface area (Å²) in [6, 6.07) is 12.7. The fourth-order valence-electron chi connectivity index (χ4n) is 4.29. The number of amides is 2. The normalized spacial score (nSPS) is 21.6. The Labute approximate surface area is 176 Å². The van der Waals surface area contributed by atoms with Gasteiger partial charge < -0.3 is 10.2 Å². The summed E-state index contributed by atoms with van der Waals surface area (Å²) in [7, 11) is 0. The number of thiophene rings is 1. The Morgan fingerprint density at radius 1 is 1.24 bits per heavy atom. The zero-order valence-corrected chi connectivity index (χ0v) is 17.5. The Bertz CT molecular complexity index is 871. The number of hydrogen-bond donors (Lipinski definition) is 1. The molecule has 2 amide bonds. The van der Waals surface area contributed by atoms with E-state index in [-0.39, 0.29) is 17.7 Å². The average Bonchev–Trinajstić information content (AvgIpc) is 3.46. The lowest BCUT2D eigenvalue weighted by atomic mass is 9.74. The van der Waals surface area contributed by atoms with Crippen LogP contribution in [0.15, 0.2) is 54.4 Å². The second kappa shape index (κ2) is 8.54. The third kappa shape index (κ3) is 4.45. The predicted octanol–water partition coefficient (Wildman–Crippen LogP) is 4.28. The van der Waals surface area contributed by atoms with Gasteiger partial charge in [0.2, 0.25) is 11.8 Å². The van der Waals surface area contributed by atoms with Gasteiger partial charge in [0.05, 0.1) is 5.41 Å². The summed E-state index contributed by atoms with van der Waals surface area (Å²) in [5, 5.41) is 5.09. The molecule has 1 aromatic heterocycles. The van der Waals surface area contributed by atoms with E-state index in [9.17, 15) is 9.59 Å². The van der Waals surface area contributed by atoms with E-state index in [0.717, 1.165) is 37.8 Å². The maximum absolute atomic E-state index is 13.2. The van der Waals surface area contributed by atoms with Crippen LogP contribution in [0, 0.1) is 11.3 Å². The second-order valence-electron chi connectivity index (χ2n) is 8.27. The largest absolute Gasteiger partial charge is 0.352 e. The molecule has 1 saturated heterocycles. The van der Waals surface area contributed by atoms with Crippen molar-refractivity contribution in [3.8, 4) is 10.4 Å². The highest BCUT2D eigenvalue weighted by atomic mass is 32.1. The number of carbonyl (C=O) groups is 2. The molecule has 1 unspecified atom stereocenters. The van der Waals surface area contributed by atoms with Crippen molar-refractivity contribution in [3.05, 3.63) is 60.0 Å². The zero-order valence-electron chi connectivity index (χ0n) is 16.7. The van der Waals surface area contributed by atoms with Gasteiger partial charge in [-0.15, -0.1) is 17.9 Å². The van der Waals surface area contributed by atoms with Gasteiger partial charge >= 0.3 is 0 Å². The topological polar surface area (TPSA) is 49.4 Å². The van der Waals surface area contributed by atoms with Crippen LogP contribution < -0.4 is 5.32 Å². The summed E-state index contributed by atoms with van der Waals surface area (Å²) in [5.74, 6) is 0.457. The molecular formula is C24H28N2O2S. The molecule has 0 radical (unpaired) electrons. The van der Waals surface area contributed by atoms with E-state index < -0.39 is 5.41 Å². The molecule has 5 heteroatoms. The van der Waals surface area contributed by atoms with Crippen molar-refractivity contribution in [2.24, 2.45) is 11.3 Å². The van der Waals surface area contributed by atoms with Crippen molar-refractivity contribution in [2.75, 3.05) is 19.6 Å². The molecule has 1 atom stereocenters. The van der Waals surface area contributed by atoms with Gasteiger partial charge in [-0.05, 0) is 54.7 Å². The van der Waals surface area contributed by atoms with E-state index in [1.165, 1.54) is 10.4 Å². The molecule has 2 heterocycles. The number of rotatable bonds is 7. The molecule has 1 aromatic carbocycles. The minimum atomic E-state index is -0.573. The average molecular weight is 409 g/mol. The van der Waals surface area contributed by atoms with E-state index in [1.54, 1.807) is 17.4 Å². The lowest BCUT2D eigenvalue weighted by Crippen LogP contribution is -2.54. The Hall–Kier alpha value is -2.40. The van der Waals surface area contributed by atoms with Gasteiger partial charge in [0, 0.05) is 30.4 Å². The first kappa shape index (κ1) is 19.9. The third-order valence-corrected chi connectivity index (χ3v) is 6.92. The molecule has 2 aliphatic rings. The molecule has 1 aliphatic heterocycles. The van der Waals surface area contributed by atoms with Crippen molar-refractivity contribution in [3.63, 3.8) is 0 Å². The molecule has 29 heavy (non-hydrogen) atoms. The Kier molecular flexibility index (Phi) is 5.86. The van der Waals surface area contributed by atoms with Crippen LogP contribution in [0.2, 0.25) is 0 Å². The van der Waals surface area contributed by atoms with Crippen molar-refractivity contribution >= 4 is 23.2 Å². The Morgan fingerprint density at radius 3 is 2.69 bits per heavy atom. The molecule has 2 aromatic rings. The van der Waals surface area contributed by atoms with Crippen LogP contribution in [-0.2, 0) is 16.0 Å². The quantitative estimate of drug-likeness (QED) is 0.695. The van der Waals surface area contributed by atoms with Gasteiger partial charge in [0.25, 0.3) is 0 Å². The van der Waals surface area contributed by atoms with Gasteiger partial charge in [-0.2, -0.15) is 0 Å². The molecule has 1 N–H and O–H groups in total. The van der Waals surface area contributed by atoms with Crippen LogP contribution in [0.4, 0.5) is 0 Å². The van der Waals surface area contributed by atoms with Crippen LogP contribution >= 0.6 is 11.3 Å². The maximum Gasteiger partial charge on any atom is 0.228 e. The van der Waals surface area contributed by atoms with E-state index in [2.05, 4.69) is 53.7 Å². The number of piperidine rings is 1. The lowest BCUT2D eigenvalue weighted by molar-refractivity contribution is -0.142. The molecule has 2 fully saturated rings. The SMILES string of the molecule is C=CCNC(=O)C1(Cc2ccc(-c3cccs3)cc2)CCCN(C(=O)C2CC2)C1. The maximum atomic E-state index is 13.2. The zero-order chi connectivity index (χ0) is 20.3. The smallest absolute Gasteiger partial charge is 0.228 e. The van der Waals surface area contributed by atoms with Crippen LogP contribution in [0.1, 0.15) is 31.2 Å². The monoisotopic (exact) mass is 408 g/mol. The molecule has 4 rings (SSSR count). The molecule has 1 saturated carbocycles. The van der Waals surface area contributed by atoms with E-state index in [0.29, 0.717) is 19.5 Å². The van der Waals surface area contributed by atoms with Crippen molar-refractivity contribution < 1.29 is 9.59 Å². The predicted molar refractivity (Wildman–Crippen MR) is 118 cm³/mol. The number of benzene rings is 1. The first-order valence-electron chi connectivity index (χ1n) is 10.4. The molecule has 0 bridgehead atoms. The summed E-state index contributed by atoms with van der Waals surface area (Å²) in [4.78, 5) is 29.1. The van der Waals surface area contributed by atoms with Crippen LogP contribution in [0.25, 0.3) is 10.4 Å². The minimum absolute atomic E-state index is 0.0352. The van der Waals surface area contributed by atoms with Gasteiger partial charge in [0.1, 0.15) is 0 Å². The van der Waals surface area contributed by atoms with Gasteiger partial charge in [0.15, 0.2) is 0 Å². The second-order valence-corrected chi connectivity index (χ2v) is 9.22. The number of nitrogens with one attached hydrogen (secondary N) is 1. The molecule has 1 aliphatic carbocycles. The van der Waals surface area contributed by atoms with Crippen molar-refractivity contribution in [1.82, 2.24) is 10.2 Å². The number of nitrogens with zero attached hydrogens (tertiary/aromatic N) is 1. The summed E-state index contributed by atoms with van der Waals surface area (Å²) in [6.07, 6.45) is 6.02. The Morgan fingerprint density at radius 2 is 2.03 bits per heavy atom. The first-order chi connectivity index (χ1) is 14.1. The van der Waals surface area contributed by atoms with E-state index in [1.807, 2.05) is 4.90 Å².